The van der Waals surface area contributed by atoms with Crippen molar-refractivity contribution >= 4 is 23.2 Å². The minimum atomic E-state index is -1.79. The van der Waals surface area contributed by atoms with Crippen LogP contribution in [-0.2, 0) is 17.2 Å². The van der Waals surface area contributed by atoms with Gasteiger partial charge >= 0.3 is 0 Å². The first-order valence-corrected chi connectivity index (χ1v) is 17.9. The van der Waals surface area contributed by atoms with Gasteiger partial charge in [-0.1, -0.05) is 103 Å². The van der Waals surface area contributed by atoms with Crippen LogP contribution in [0.2, 0.25) is 0 Å². The Labute approximate surface area is 226 Å². The molecule has 186 valence electrons. The first kappa shape index (κ1) is 21.2. The zero-order valence-corrected chi connectivity index (χ0v) is 23.0. The van der Waals surface area contributed by atoms with Crippen molar-refractivity contribution in [2.24, 2.45) is 59.2 Å². The molecule has 2 aromatic carbocycles. The van der Waals surface area contributed by atoms with Gasteiger partial charge in [0.25, 0.3) is 0 Å². The Kier molecular flexibility index (Phi) is 3.94. The Hall–Kier alpha value is -1.69. The lowest BCUT2D eigenvalue weighted by Gasteiger charge is -2.68. The van der Waals surface area contributed by atoms with Gasteiger partial charge in [-0.3, -0.25) is 0 Å². The maximum Gasteiger partial charge on any atom is 0.0216 e. The molecule has 11 rings (SSSR count). The number of benzene rings is 2. The zero-order chi connectivity index (χ0) is 24.1. The second-order valence-electron chi connectivity index (χ2n) is 13.9. The molecule has 0 radical (unpaired) electrons. The van der Waals surface area contributed by atoms with Crippen LogP contribution in [0.5, 0.6) is 0 Å². The minimum absolute atomic E-state index is 0.169. The Morgan fingerprint density at radius 2 is 1.19 bits per heavy atom. The molecule has 0 nitrogen and oxygen atoms in total. The molecule has 5 fully saturated rings. The Balaban J connectivity index is 1.31. The molecule has 0 amide bonds. The van der Waals surface area contributed by atoms with Gasteiger partial charge in [0, 0.05) is 5.41 Å². The lowest BCUT2D eigenvalue weighted by Crippen LogP contribution is -2.63. The van der Waals surface area contributed by atoms with E-state index in [0.717, 1.165) is 70.5 Å². The molecule has 4 saturated carbocycles. The summed E-state index contributed by atoms with van der Waals surface area (Å²) in [6, 6.07) is 21.7. The number of hydrogen-bond acceptors (Lipinski definition) is 1. The summed E-state index contributed by atoms with van der Waals surface area (Å²) in [6.07, 6.45) is 18.8. The van der Waals surface area contributed by atoms with Gasteiger partial charge in [0.05, 0.1) is 0 Å². The molecule has 14 atom stereocenters. The maximum absolute atomic E-state index is 7.41. The third kappa shape index (κ3) is 2.21. The Morgan fingerprint density at radius 3 is 1.76 bits per heavy atom. The van der Waals surface area contributed by atoms with Crippen molar-refractivity contribution < 1.29 is 0 Å². The minimum Gasteiger partial charge on any atom is -0.0919 e. The SMILES string of the molecule is S=P12C(c3ccccc3)=CC(c3ccccc3)([C@@H]3[C@@H]4C[C@@H]([C@@H]5C=CC[C@@H]54)[C@@H]31)[C@H]1[C@H]3C[C@H]([C@H]4C=CC[C@H]43)[C@H]12. The van der Waals surface area contributed by atoms with E-state index in [4.69, 9.17) is 11.8 Å². The van der Waals surface area contributed by atoms with Gasteiger partial charge in [-0.15, -0.1) is 0 Å². The zero-order valence-electron chi connectivity index (χ0n) is 21.3. The summed E-state index contributed by atoms with van der Waals surface area (Å²) < 4.78 is 0. The van der Waals surface area contributed by atoms with Crippen LogP contribution in [0.25, 0.3) is 5.31 Å². The second-order valence-corrected chi connectivity index (χ2v) is 18.8. The van der Waals surface area contributed by atoms with Crippen molar-refractivity contribution in [3.63, 3.8) is 0 Å². The molecule has 1 saturated heterocycles. The molecule has 2 heteroatoms. The molecule has 2 unspecified atom stereocenters. The number of fused-ring (bicyclic) bond motifs is 10. The van der Waals surface area contributed by atoms with Crippen molar-refractivity contribution in [1.29, 1.82) is 0 Å². The maximum atomic E-state index is 7.41. The van der Waals surface area contributed by atoms with Crippen molar-refractivity contribution in [2.75, 3.05) is 0 Å². The fraction of sp³-hybridized carbons (Fsp3) is 0.486. The summed E-state index contributed by atoms with van der Waals surface area (Å²) in [5.74, 6) is 8.33. The lowest BCUT2D eigenvalue weighted by atomic mass is 9.50. The average Bonchev–Trinajstić information content (AvgIpc) is 3.76. The molecule has 37 heavy (non-hydrogen) atoms. The van der Waals surface area contributed by atoms with E-state index in [1.807, 2.05) is 0 Å². The highest BCUT2D eigenvalue weighted by molar-refractivity contribution is 8.20. The van der Waals surface area contributed by atoms with Gasteiger partial charge in [-0.2, -0.15) is 0 Å². The largest absolute Gasteiger partial charge is 0.0919 e. The fourth-order valence-electron chi connectivity index (χ4n) is 12.8. The van der Waals surface area contributed by atoms with Crippen LogP contribution in [0.4, 0.5) is 0 Å². The predicted octanol–water partition coefficient (Wildman–Crippen LogP) is 8.13. The van der Waals surface area contributed by atoms with Crippen LogP contribution >= 0.6 is 6.04 Å². The first-order chi connectivity index (χ1) is 18.2. The third-order valence-corrected chi connectivity index (χ3v) is 19.7. The summed E-state index contributed by atoms with van der Waals surface area (Å²) in [5, 5.41) is 1.66. The molecule has 0 spiro atoms. The van der Waals surface area contributed by atoms with E-state index in [1.165, 1.54) is 31.2 Å². The van der Waals surface area contributed by atoms with Crippen LogP contribution in [0.15, 0.2) is 91.0 Å². The van der Waals surface area contributed by atoms with E-state index < -0.39 is 6.04 Å². The number of hydrogen-bond donors (Lipinski definition) is 0. The number of allylic oxidation sites excluding steroid dienone is 5. The molecular weight excluding hydrogens is 483 g/mol. The summed E-state index contributed by atoms with van der Waals surface area (Å²) in [4.78, 5) is 0. The Bertz CT molecular complexity index is 1390. The van der Waals surface area contributed by atoms with Gasteiger partial charge in [0.2, 0.25) is 0 Å². The molecule has 6 bridgehead atoms. The summed E-state index contributed by atoms with van der Waals surface area (Å²) >= 11 is 7.41. The smallest absolute Gasteiger partial charge is 0.0216 e. The van der Waals surface area contributed by atoms with E-state index in [2.05, 4.69) is 91.0 Å². The van der Waals surface area contributed by atoms with Crippen molar-refractivity contribution in [3.8, 4) is 0 Å². The summed E-state index contributed by atoms with van der Waals surface area (Å²) in [5.41, 5.74) is 4.77. The molecule has 3 heterocycles. The second kappa shape index (κ2) is 6.89. The van der Waals surface area contributed by atoms with Crippen molar-refractivity contribution in [2.45, 2.75) is 42.4 Å². The Morgan fingerprint density at radius 1 is 0.649 bits per heavy atom. The van der Waals surface area contributed by atoms with Gasteiger partial charge in [0.15, 0.2) is 0 Å². The molecule has 9 aliphatic rings. The van der Waals surface area contributed by atoms with Gasteiger partial charge in [-0.25, -0.2) is 0 Å². The van der Waals surface area contributed by atoms with Gasteiger partial charge < -0.3 is 0 Å². The standard InChI is InChI=1S/C35H35PS/c37-36-30(20-9-3-1-4-10-20)19-35(21-11-5-2-6-12-21,31-26-17-28(33(31)36)24-15-7-13-22(24)26)32-27-18-29(34(32)36)25-16-8-14-23(25)27/h1-12,15-16,19,22-29,31-34H,13-14,17-18H2/t22-,23+,24+,25-,26+,27-,28-,29+,31+,32-,33-,34+,35?,36?. The van der Waals surface area contributed by atoms with Crippen LogP contribution in [0, 0.1) is 59.2 Å². The molecule has 6 aliphatic carbocycles. The lowest BCUT2D eigenvalue weighted by molar-refractivity contribution is 0.0480. The van der Waals surface area contributed by atoms with E-state index in [9.17, 15) is 0 Å². The topological polar surface area (TPSA) is 0 Å². The molecule has 0 N–H and O–H groups in total. The molecule has 0 aromatic heterocycles. The van der Waals surface area contributed by atoms with E-state index in [0.29, 0.717) is 0 Å². The van der Waals surface area contributed by atoms with Crippen LogP contribution in [0.1, 0.15) is 36.8 Å². The van der Waals surface area contributed by atoms with Crippen LogP contribution < -0.4 is 0 Å². The average molecular weight is 519 g/mol. The third-order valence-electron chi connectivity index (χ3n) is 13.3. The van der Waals surface area contributed by atoms with E-state index in [1.54, 1.807) is 10.9 Å². The molecule has 3 aliphatic heterocycles. The highest BCUT2D eigenvalue weighted by Gasteiger charge is 2.79. The monoisotopic (exact) mass is 518 g/mol. The molecule has 2 aromatic rings. The highest BCUT2D eigenvalue weighted by atomic mass is 32.4. The van der Waals surface area contributed by atoms with Gasteiger partial charge in [-0.05, 0) is 119 Å². The fourth-order valence-corrected chi connectivity index (χ4v) is 20.7. The quantitative estimate of drug-likeness (QED) is 0.286. The van der Waals surface area contributed by atoms with Crippen LogP contribution in [0.3, 0.4) is 0 Å². The first-order valence-electron chi connectivity index (χ1n) is 15.0. The van der Waals surface area contributed by atoms with Crippen molar-refractivity contribution in [3.05, 3.63) is 102 Å². The van der Waals surface area contributed by atoms with Gasteiger partial charge in [0.1, 0.15) is 0 Å². The van der Waals surface area contributed by atoms with Crippen LogP contribution in [-0.4, -0.2) is 11.3 Å². The predicted molar refractivity (Wildman–Crippen MR) is 156 cm³/mol. The highest BCUT2D eigenvalue weighted by Crippen LogP contribution is 2.91. The van der Waals surface area contributed by atoms with Crippen molar-refractivity contribution in [1.82, 2.24) is 0 Å². The van der Waals surface area contributed by atoms with E-state index in [-0.39, 0.29) is 5.41 Å². The van der Waals surface area contributed by atoms with E-state index >= 15 is 0 Å². The summed E-state index contributed by atoms with van der Waals surface area (Å²) in [6.45, 7) is 0. The number of rotatable bonds is 2. The molecular formula is C35H35PS. The normalized spacial score (nSPS) is 54.3. The summed E-state index contributed by atoms with van der Waals surface area (Å²) in [7, 11) is 0.